The molecular formula is C21H22ClN3O3. The molecule has 6 nitrogen and oxygen atoms in total. The number of phenols is 1. The van der Waals surface area contributed by atoms with E-state index >= 15 is 0 Å². The van der Waals surface area contributed by atoms with Crippen molar-refractivity contribution in [1.82, 2.24) is 4.90 Å². The largest absolute Gasteiger partial charge is 0.508 e. The quantitative estimate of drug-likeness (QED) is 0.788. The first-order valence-electron chi connectivity index (χ1n) is 8.76. The summed E-state index contributed by atoms with van der Waals surface area (Å²) in [6.45, 7) is 5.99. The van der Waals surface area contributed by atoms with Gasteiger partial charge in [-0.15, -0.1) is 0 Å². The second-order valence-electron chi connectivity index (χ2n) is 5.95. The van der Waals surface area contributed by atoms with Crippen LogP contribution in [0.5, 0.6) is 5.75 Å². The zero-order valence-corrected chi connectivity index (χ0v) is 16.2. The Labute approximate surface area is 169 Å². The number of rotatable bonds is 3. The molecule has 2 aromatic carbocycles. The van der Waals surface area contributed by atoms with Crippen LogP contribution >= 0.6 is 11.6 Å². The number of nitrogens with zero attached hydrogens (tertiary/aromatic N) is 3. The summed E-state index contributed by atoms with van der Waals surface area (Å²) in [7, 11) is 0. The van der Waals surface area contributed by atoms with Crippen molar-refractivity contribution >= 4 is 23.4 Å². The lowest BCUT2D eigenvalue weighted by atomic mass is 10.1. The summed E-state index contributed by atoms with van der Waals surface area (Å²) >= 11 is 5.54. The summed E-state index contributed by atoms with van der Waals surface area (Å²) in [5, 5.41) is 19.3. The van der Waals surface area contributed by atoms with Crippen molar-refractivity contribution in [3.8, 4) is 11.8 Å². The van der Waals surface area contributed by atoms with Crippen LogP contribution in [0.1, 0.15) is 5.56 Å². The van der Waals surface area contributed by atoms with Crippen molar-refractivity contribution in [2.45, 2.75) is 0 Å². The number of ether oxygens (including phenoxy) is 1. The molecule has 3 rings (SSSR count). The molecule has 1 N–H and O–H groups in total. The molecule has 0 radical (unpaired) electrons. The van der Waals surface area contributed by atoms with Crippen molar-refractivity contribution in [2.24, 2.45) is 0 Å². The second kappa shape index (κ2) is 10.9. The van der Waals surface area contributed by atoms with Crippen LogP contribution in [0.3, 0.4) is 0 Å². The molecule has 0 spiro atoms. The molecule has 1 heterocycles. The van der Waals surface area contributed by atoms with Gasteiger partial charge in [0.1, 0.15) is 18.4 Å². The summed E-state index contributed by atoms with van der Waals surface area (Å²) in [5.74, 6) is 0.0712. The molecule has 0 bridgehead atoms. The summed E-state index contributed by atoms with van der Waals surface area (Å²) in [5.41, 5.74) is 1.20. The van der Waals surface area contributed by atoms with Crippen molar-refractivity contribution in [1.29, 1.82) is 5.26 Å². The Bertz CT molecular complexity index is 829. The maximum atomic E-state index is 11.7. The number of hydrogen-bond donors (Lipinski definition) is 1. The smallest absolute Gasteiger partial charge is 0.410 e. The molecule has 28 heavy (non-hydrogen) atoms. The van der Waals surface area contributed by atoms with Gasteiger partial charge < -0.3 is 19.6 Å². The maximum Gasteiger partial charge on any atom is 0.410 e. The first-order chi connectivity index (χ1) is 13.5. The zero-order chi connectivity index (χ0) is 20.4. The van der Waals surface area contributed by atoms with E-state index in [1.54, 1.807) is 17.0 Å². The number of phenolic OH excluding ortho intramolecular Hbond substituents is 1. The number of aromatic hydroxyl groups is 1. The number of amides is 1. The highest BCUT2D eigenvalue weighted by Gasteiger charge is 2.23. The van der Waals surface area contributed by atoms with Gasteiger partial charge in [-0.3, -0.25) is 0 Å². The number of nitriles is 1. The molecule has 0 unspecified atom stereocenters. The van der Waals surface area contributed by atoms with Gasteiger partial charge in [0, 0.05) is 31.2 Å². The number of anilines is 1. The fraction of sp³-hybridized carbons (Fsp3) is 0.238. The minimum absolute atomic E-state index is 0.0712. The molecule has 0 aromatic heterocycles. The SMILES string of the molecule is C=CCOC(=O)N1CCN(c2ccc(O)cc2C#N)CC1.Clc1ccccc1. The van der Waals surface area contributed by atoms with Crippen LogP contribution in [0, 0.1) is 11.3 Å². The molecule has 0 aliphatic carbocycles. The zero-order valence-electron chi connectivity index (χ0n) is 15.4. The number of carbonyl (C=O) groups excluding carboxylic acids is 1. The first-order valence-corrected chi connectivity index (χ1v) is 9.14. The number of halogens is 1. The van der Waals surface area contributed by atoms with Crippen LogP contribution in [0.15, 0.2) is 61.2 Å². The highest BCUT2D eigenvalue weighted by Crippen LogP contribution is 2.25. The molecule has 1 aliphatic heterocycles. The van der Waals surface area contributed by atoms with E-state index in [9.17, 15) is 9.90 Å². The number of piperazine rings is 1. The van der Waals surface area contributed by atoms with Crippen molar-refractivity contribution < 1.29 is 14.6 Å². The van der Waals surface area contributed by atoms with Gasteiger partial charge in [0.25, 0.3) is 0 Å². The minimum atomic E-state index is -0.347. The van der Waals surface area contributed by atoms with E-state index in [2.05, 4.69) is 12.6 Å². The van der Waals surface area contributed by atoms with Crippen LogP contribution in [-0.2, 0) is 4.74 Å². The van der Waals surface area contributed by atoms with Gasteiger partial charge in [0.05, 0.1) is 11.3 Å². The Hall–Kier alpha value is -3.17. The number of benzene rings is 2. The number of hydrogen-bond acceptors (Lipinski definition) is 5. The summed E-state index contributed by atoms with van der Waals surface area (Å²) in [6, 6.07) is 16.2. The molecule has 7 heteroatoms. The molecule has 1 amide bonds. The molecule has 0 saturated carbocycles. The Morgan fingerprint density at radius 3 is 2.43 bits per heavy atom. The normalized spacial score (nSPS) is 13.0. The van der Waals surface area contributed by atoms with Gasteiger partial charge in [0.2, 0.25) is 0 Å². The average molecular weight is 400 g/mol. The second-order valence-corrected chi connectivity index (χ2v) is 6.38. The molecule has 2 aromatic rings. The third-order valence-electron chi connectivity index (χ3n) is 4.04. The molecular weight excluding hydrogens is 378 g/mol. The maximum absolute atomic E-state index is 11.7. The van der Waals surface area contributed by atoms with Gasteiger partial charge in [0.15, 0.2) is 0 Å². The van der Waals surface area contributed by atoms with E-state index in [0.717, 1.165) is 10.7 Å². The Morgan fingerprint density at radius 2 is 1.89 bits per heavy atom. The van der Waals surface area contributed by atoms with E-state index in [4.69, 9.17) is 21.6 Å². The van der Waals surface area contributed by atoms with E-state index in [1.807, 2.05) is 35.2 Å². The average Bonchev–Trinajstić information content (AvgIpc) is 2.73. The van der Waals surface area contributed by atoms with E-state index in [0.29, 0.717) is 31.7 Å². The van der Waals surface area contributed by atoms with Gasteiger partial charge in [-0.1, -0.05) is 42.5 Å². The van der Waals surface area contributed by atoms with Crippen LogP contribution in [0.25, 0.3) is 0 Å². The van der Waals surface area contributed by atoms with Gasteiger partial charge in [-0.05, 0) is 30.3 Å². The van der Waals surface area contributed by atoms with Crippen LogP contribution in [0.4, 0.5) is 10.5 Å². The third-order valence-corrected chi connectivity index (χ3v) is 4.29. The van der Waals surface area contributed by atoms with E-state index < -0.39 is 0 Å². The molecule has 1 fully saturated rings. The standard InChI is InChI=1S/C15H17N3O3.C6H5Cl/c1-2-9-21-15(20)18-7-5-17(6-8-18)14-4-3-13(19)10-12(14)11-16;7-6-4-2-1-3-5-6/h2-4,10,19H,1,5-9H2;1-5H. The van der Waals surface area contributed by atoms with Crippen LogP contribution < -0.4 is 4.90 Å². The van der Waals surface area contributed by atoms with Gasteiger partial charge >= 0.3 is 6.09 Å². The third kappa shape index (κ3) is 6.22. The van der Waals surface area contributed by atoms with Crippen molar-refractivity contribution in [3.05, 3.63) is 71.8 Å². The Morgan fingerprint density at radius 1 is 1.21 bits per heavy atom. The lowest BCUT2D eigenvalue weighted by Crippen LogP contribution is -2.49. The van der Waals surface area contributed by atoms with Crippen molar-refractivity contribution in [3.63, 3.8) is 0 Å². The first kappa shape index (κ1) is 21.1. The summed E-state index contributed by atoms with van der Waals surface area (Å²) in [4.78, 5) is 15.4. The fourth-order valence-electron chi connectivity index (χ4n) is 2.66. The lowest BCUT2D eigenvalue weighted by molar-refractivity contribution is 0.110. The number of carbonyl (C=O) groups is 1. The molecule has 1 saturated heterocycles. The van der Waals surface area contributed by atoms with Gasteiger partial charge in [-0.2, -0.15) is 5.26 Å². The summed E-state index contributed by atoms with van der Waals surface area (Å²) in [6.07, 6.45) is 1.19. The van der Waals surface area contributed by atoms with Gasteiger partial charge in [-0.25, -0.2) is 4.79 Å². The molecule has 1 aliphatic rings. The minimum Gasteiger partial charge on any atom is -0.508 e. The van der Waals surface area contributed by atoms with Crippen LogP contribution in [0.2, 0.25) is 5.02 Å². The monoisotopic (exact) mass is 399 g/mol. The fourth-order valence-corrected chi connectivity index (χ4v) is 2.80. The topological polar surface area (TPSA) is 76.8 Å². The lowest BCUT2D eigenvalue weighted by Gasteiger charge is -2.35. The van der Waals surface area contributed by atoms with Crippen molar-refractivity contribution in [2.75, 3.05) is 37.7 Å². The predicted molar refractivity (Wildman–Crippen MR) is 110 cm³/mol. The van der Waals surface area contributed by atoms with Crippen LogP contribution in [-0.4, -0.2) is 48.9 Å². The highest BCUT2D eigenvalue weighted by atomic mass is 35.5. The van der Waals surface area contributed by atoms with E-state index in [-0.39, 0.29) is 18.4 Å². The van der Waals surface area contributed by atoms with E-state index in [1.165, 1.54) is 12.1 Å². The summed E-state index contributed by atoms with van der Waals surface area (Å²) < 4.78 is 5.00. The highest BCUT2D eigenvalue weighted by molar-refractivity contribution is 6.30. The molecule has 0 atom stereocenters. The Balaban J connectivity index is 0.000000336. The Kier molecular flexibility index (Phi) is 8.19. The predicted octanol–water partition coefficient (Wildman–Crippen LogP) is 4.05. The molecule has 146 valence electrons.